The summed E-state index contributed by atoms with van der Waals surface area (Å²) in [7, 11) is 0. The highest BCUT2D eigenvalue weighted by molar-refractivity contribution is 6.30. The lowest BCUT2D eigenvalue weighted by atomic mass is 10.0. The Morgan fingerprint density at radius 2 is 1.89 bits per heavy atom. The van der Waals surface area contributed by atoms with Crippen LogP contribution < -0.4 is 4.90 Å². The van der Waals surface area contributed by atoms with Crippen molar-refractivity contribution in [2.75, 3.05) is 24.5 Å². The van der Waals surface area contributed by atoms with E-state index >= 15 is 0 Å². The second-order valence-electron chi connectivity index (χ2n) is 8.06. The van der Waals surface area contributed by atoms with Crippen molar-refractivity contribution in [1.82, 2.24) is 10.1 Å². The highest BCUT2D eigenvalue weighted by Gasteiger charge is 2.44. The van der Waals surface area contributed by atoms with Gasteiger partial charge in [0.05, 0.1) is 12.7 Å². The van der Waals surface area contributed by atoms with E-state index in [2.05, 4.69) is 5.16 Å². The van der Waals surface area contributed by atoms with Gasteiger partial charge in [-0.15, -0.1) is 0 Å². The molecule has 0 saturated carbocycles. The maximum absolute atomic E-state index is 13.2. The number of amides is 1. The summed E-state index contributed by atoms with van der Waals surface area (Å²) in [6, 6.07) is 12.0. The third-order valence-corrected chi connectivity index (χ3v) is 5.90. The van der Waals surface area contributed by atoms with Crippen LogP contribution in [-0.2, 0) is 20.7 Å². The van der Waals surface area contributed by atoms with Gasteiger partial charge in [0.25, 0.3) is 0 Å². The first-order valence-electron chi connectivity index (χ1n) is 10.9. The van der Waals surface area contributed by atoms with Gasteiger partial charge in [-0.1, -0.05) is 22.8 Å². The minimum atomic E-state index is -5.18. The zero-order chi connectivity index (χ0) is 25.9. The molecule has 1 aromatic heterocycles. The number of alkyl halides is 3. The van der Waals surface area contributed by atoms with Gasteiger partial charge < -0.3 is 19.1 Å². The van der Waals surface area contributed by atoms with Gasteiger partial charge in [0.1, 0.15) is 5.82 Å². The molecule has 1 amide bonds. The van der Waals surface area contributed by atoms with Crippen molar-refractivity contribution >= 4 is 29.2 Å². The van der Waals surface area contributed by atoms with Gasteiger partial charge in [0.15, 0.2) is 12.0 Å². The number of esters is 1. The Morgan fingerprint density at radius 3 is 2.58 bits per heavy atom. The Labute approximate surface area is 208 Å². The second kappa shape index (κ2) is 10.6. The quantitative estimate of drug-likeness (QED) is 0.338. The number of nitrogens with zero attached hydrogens (tertiary/aromatic N) is 3. The number of aromatic nitrogens is 1. The summed E-state index contributed by atoms with van der Waals surface area (Å²) in [5.74, 6) is -2.71. The molecule has 0 aliphatic carbocycles. The van der Waals surface area contributed by atoms with E-state index in [1.165, 1.54) is 46.3 Å². The molecule has 0 N–H and O–H groups in total. The summed E-state index contributed by atoms with van der Waals surface area (Å²) in [4.78, 5) is 27.3. The van der Waals surface area contributed by atoms with Crippen LogP contribution in [-0.4, -0.2) is 54.0 Å². The molecule has 190 valence electrons. The van der Waals surface area contributed by atoms with Gasteiger partial charge in [-0.25, -0.2) is 9.18 Å². The van der Waals surface area contributed by atoms with Gasteiger partial charge in [-0.2, -0.15) is 13.2 Å². The number of rotatable bonds is 6. The summed E-state index contributed by atoms with van der Waals surface area (Å²) in [5.41, 5.74) is 1.67. The fraction of sp³-hybridized carbons (Fsp3) is 0.292. The Bertz CT molecular complexity index is 1230. The van der Waals surface area contributed by atoms with Crippen molar-refractivity contribution < 1.29 is 36.4 Å². The zero-order valence-electron chi connectivity index (χ0n) is 18.7. The van der Waals surface area contributed by atoms with Gasteiger partial charge >= 0.3 is 12.1 Å². The fourth-order valence-electron chi connectivity index (χ4n) is 3.90. The van der Waals surface area contributed by atoms with Crippen LogP contribution in [0.1, 0.15) is 12.0 Å². The van der Waals surface area contributed by atoms with Crippen molar-refractivity contribution in [3.8, 4) is 11.3 Å². The van der Waals surface area contributed by atoms with E-state index in [0.29, 0.717) is 27.6 Å². The summed E-state index contributed by atoms with van der Waals surface area (Å²) >= 11 is 6.01. The standard InChI is InChI=1S/C24H20ClF4N3O4/c25-17-2-1-3-19(12-17)32-11-10-31(14-21(32)35-23(34)24(27,28)29)20(33)9-6-16-13-30-36-22(16)15-4-7-18(26)8-5-15/h1-5,7-8,12-13,21H,6,9-11,14H2. The van der Waals surface area contributed by atoms with Gasteiger partial charge in [-0.3, -0.25) is 4.79 Å². The number of benzene rings is 2. The first-order valence-corrected chi connectivity index (χ1v) is 11.3. The molecular formula is C24H20ClF4N3O4. The Hall–Kier alpha value is -3.60. The first-order chi connectivity index (χ1) is 17.1. The predicted octanol–water partition coefficient (Wildman–Crippen LogP) is 4.85. The molecule has 4 rings (SSSR count). The van der Waals surface area contributed by atoms with E-state index in [1.54, 1.807) is 18.2 Å². The molecule has 2 aromatic carbocycles. The van der Waals surface area contributed by atoms with E-state index in [9.17, 15) is 27.2 Å². The van der Waals surface area contributed by atoms with Crippen LogP contribution in [0.15, 0.2) is 59.3 Å². The number of aryl methyl sites for hydroxylation is 1. The summed E-state index contributed by atoms with van der Waals surface area (Å²) in [6.07, 6.45) is -4.85. The maximum atomic E-state index is 13.2. The number of carbonyl (C=O) groups is 2. The van der Waals surface area contributed by atoms with E-state index in [1.807, 2.05) is 0 Å². The van der Waals surface area contributed by atoms with Crippen LogP contribution in [0.2, 0.25) is 5.02 Å². The molecule has 7 nitrogen and oxygen atoms in total. The largest absolute Gasteiger partial charge is 0.491 e. The van der Waals surface area contributed by atoms with E-state index in [4.69, 9.17) is 20.9 Å². The summed E-state index contributed by atoms with van der Waals surface area (Å²) < 4.78 is 61.9. The van der Waals surface area contributed by atoms with Crippen LogP contribution in [0.5, 0.6) is 0 Å². The number of piperazine rings is 1. The molecule has 1 aliphatic heterocycles. The summed E-state index contributed by atoms with van der Waals surface area (Å²) in [6.45, 7) is 0.0531. The Balaban J connectivity index is 1.45. The number of hydrogen-bond donors (Lipinski definition) is 0. The van der Waals surface area contributed by atoms with Crippen molar-refractivity contribution in [3.63, 3.8) is 0 Å². The van der Waals surface area contributed by atoms with Crippen LogP contribution >= 0.6 is 11.6 Å². The minimum absolute atomic E-state index is 0.00646. The molecule has 0 radical (unpaired) electrons. The van der Waals surface area contributed by atoms with E-state index in [0.717, 1.165) is 0 Å². The number of hydrogen-bond acceptors (Lipinski definition) is 6. The van der Waals surface area contributed by atoms with Crippen molar-refractivity contribution in [3.05, 3.63) is 71.1 Å². The monoisotopic (exact) mass is 525 g/mol. The maximum Gasteiger partial charge on any atom is 0.491 e. The van der Waals surface area contributed by atoms with Gasteiger partial charge in [0, 0.05) is 41.3 Å². The van der Waals surface area contributed by atoms with Gasteiger partial charge in [0.2, 0.25) is 5.91 Å². The molecule has 1 atom stereocenters. The van der Waals surface area contributed by atoms with Crippen molar-refractivity contribution in [1.29, 1.82) is 0 Å². The summed E-state index contributed by atoms with van der Waals surface area (Å²) in [5, 5.41) is 4.11. The predicted molar refractivity (Wildman–Crippen MR) is 122 cm³/mol. The molecule has 12 heteroatoms. The molecule has 1 aliphatic rings. The van der Waals surface area contributed by atoms with Crippen molar-refractivity contribution in [2.45, 2.75) is 25.2 Å². The lowest BCUT2D eigenvalue weighted by Gasteiger charge is -2.42. The second-order valence-corrected chi connectivity index (χ2v) is 8.49. The van der Waals surface area contributed by atoms with Crippen LogP contribution in [0.3, 0.4) is 0 Å². The van der Waals surface area contributed by atoms with Crippen LogP contribution in [0, 0.1) is 5.82 Å². The zero-order valence-corrected chi connectivity index (χ0v) is 19.4. The van der Waals surface area contributed by atoms with E-state index < -0.39 is 24.2 Å². The lowest BCUT2D eigenvalue weighted by molar-refractivity contribution is -0.206. The molecule has 3 aromatic rings. The molecular weight excluding hydrogens is 506 g/mol. The molecule has 1 unspecified atom stereocenters. The first kappa shape index (κ1) is 25.5. The number of ether oxygens (including phenoxy) is 1. The average Bonchev–Trinajstić information content (AvgIpc) is 3.31. The molecule has 1 fully saturated rings. The van der Waals surface area contributed by atoms with Gasteiger partial charge in [-0.05, 0) is 48.9 Å². The number of carbonyl (C=O) groups excluding carboxylic acids is 2. The molecule has 0 spiro atoms. The molecule has 36 heavy (non-hydrogen) atoms. The normalized spacial score (nSPS) is 16.2. The Morgan fingerprint density at radius 1 is 1.14 bits per heavy atom. The minimum Gasteiger partial charge on any atom is -0.433 e. The SMILES string of the molecule is O=C(CCc1cnoc1-c1ccc(F)cc1)N1CCN(c2cccc(Cl)c2)C(OC(=O)C(F)(F)F)C1. The average molecular weight is 526 g/mol. The lowest BCUT2D eigenvalue weighted by Crippen LogP contribution is -2.57. The smallest absolute Gasteiger partial charge is 0.433 e. The molecule has 0 bridgehead atoms. The Kier molecular flexibility index (Phi) is 7.48. The molecule has 1 saturated heterocycles. The highest BCUT2D eigenvalue weighted by Crippen LogP contribution is 2.28. The number of anilines is 1. The topological polar surface area (TPSA) is 75.9 Å². The van der Waals surface area contributed by atoms with Crippen LogP contribution in [0.4, 0.5) is 23.2 Å². The van der Waals surface area contributed by atoms with Crippen molar-refractivity contribution in [2.24, 2.45) is 0 Å². The van der Waals surface area contributed by atoms with E-state index in [-0.39, 0.29) is 38.4 Å². The number of halogens is 5. The van der Waals surface area contributed by atoms with Crippen LogP contribution in [0.25, 0.3) is 11.3 Å². The highest BCUT2D eigenvalue weighted by atomic mass is 35.5. The molecule has 2 heterocycles. The fourth-order valence-corrected chi connectivity index (χ4v) is 4.08. The third kappa shape index (κ3) is 5.96. The third-order valence-electron chi connectivity index (χ3n) is 5.66.